The Morgan fingerprint density at radius 3 is 2.27 bits per heavy atom. The summed E-state index contributed by atoms with van der Waals surface area (Å²) in [5.41, 5.74) is 7.58. The molecule has 0 spiro atoms. The Morgan fingerprint density at radius 1 is 1.04 bits per heavy atom. The predicted octanol–water partition coefficient (Wildman–Crippen LogP) is 3.50. The summed E-state index contributed by atoms with van der Waals surface area (Å²) in [6, 6.07) is 16.4. The van der Waals surface area contributed by atoms with Gasteiger partial charge in [0.25, 0.3) is 5.91 Å². The highest BCUT2D eigenvalue weighted by Gasteiger charge is 2.32. The van der Waals surface area contributed by atoms with Crippen LogP contribution in [0, 0.1) is 0 Å². The number of nitrogens with one attached hydrogen (secondary N) is 1. The van der Waals surface area contributed by atoms with E-state index in [0.717, 1.165) is 11.3 Å². The van der Waals surface area contributed by atoms with Crippen LogP contribution in [0.2, 0.25) is 0 Å². The molecule has 0 saturated heterocycles. The monoisotopic (exact) mass is 348 g/mol. The summed E-state index contributed by atoms with van der Waals surface area (Å²) in [6.45, 7) is 3.94. The summed E-state index contributed by atoms with van der Waals surface area (Å²) in [4.78, 5) is 22.4. The summed E-state index contributed by atoms with van der Waals surface area (Å²) in [5.74, 6) is 0.177. The minimum Gasteiger partial charge on any atom is -0.483 e. The first-order valence-corrected chi connectivity index (χ1v) is 8.25. The van der Waals surface area contributed by atoms with Gasteiger partial charge in [0, 0.05) is 16.8 Å². The van der Waals surface area contributed by atoms with Gasteiger partial charge < -0.3 is 15.8 Å². The first kappa shape index (κ1) is 17.5. The second kappa shape index (κ2) is 6.88. The average Bonchev–Trinajstić information content (AvgIpc) is 3.14. The number of nitrogens with two attached hydrogens (primary N) is 1. The first-order valence-electron chi connectivity index (χ1n) is 8.25. The van der Waals surface area contributed by atoms with Crippen LogP contribution >= 0.6 is 0 Å². The van der Waals surface area contributed by atoms with E-state index in [0.29, 0.717) is 16.9 Å². The molecule has 0 aliphatic carbocycles. The third-order valence-corrected chi connectivity index (χ3v) is 3.99. The maximum atomic E-state index is 11.9. The number of anilines is 1. The number of amides is 2. The molecule has 26 heavy (non-hydrogen) atoms. The highest BCUT2D eigenvalue weighted by molar-refractivity contribution is 6.32. The van der Waals surface area contributed by atoms with E-state index in [2.05, 4.69) is 5.32 Å². The zero-order chi connectivity index (χ0) is 18.7. The Hall–Kier alpha value is -3.34. The van der Waals surface area contributed by atoms with Gasteiger partial charge in [-0.3, -0.25) is 9.59 Å². The van der Waals surface area contributed by atoms with Crippen molar-refractivity contribution in [3.63, 3.8) is 0 Å². The van der Waals surface area contributed by atoms with Crippen LogP contribution in [0.5, 0.6) is 0 Å². The van der Waals surface area contributed by atoms with Gasteiger partial charge >= 0.3 is 0 Å². The molecule has 0 radical (unpaired) electrons. The number of ether oxygens (including phenoxy) is 1. The molecule has 0 saturated carbocycles. The Bertz CT molecular complexity index is 912. The highest BCUT2D eigenvalue weighted by Crippen LogP contribution is 2.37. The lowest BCUT2D eigenvalue weighted by Gasteiger charge is -2.17. The number of allylic oxidation sites excluding steroid dienone is 1. The van der Waals surface area contributed by atoms with Crippen molar-refractivity contribution in [2.24, 2.45) is 5.73 Å². The van der Waals surface area contributed by atoms with Crippen LogP contribution in [0.3, 0.4) is 0 Å². The van der Waals surface area contributed by atoms with Gasteiger partial charge in [-0.1, -0.05) is 36.4 Å². The number of hydrogen-bond donors (Lipinski definition) is 2. The van der Waals surface area contributed by atoms with E-state index < -0.39 is 0 Å². The van der Waals surface area contributed by atoms with Gasteiger partial charge in [-0.05, 0) is 44.2 Å². The van der Waals surface area contributed by atoms with Gasteiger partial charge in [0.1, 0.15) is 11.4 Å². The molecular weight excluding hydrogens is 328 g/mol. The molecule has 0 unspecified atom stereocenters. The van der Waals surface area contributed by atoms with Gasteiger partial charge in [0.05, 0.1) is 5.57 Å². The summed E-state index contributed by atoms with van der Waals surface area (Å²) >= 11 is 0. The normalized spacial score (nSPS) is 19.1. The number of benzene rings is 2. The van der Waals surface area contributed by atoms with E-state index in [1.54, 1.807) is 24.3 Å². The van der Waals surface area contributed by atoms with Gasteiger partial charge in [0.2, 0.25) is 5.91 Å². The zero-order valence-electron chi connectivity index (χ0n) is 14.7. The van der Waals surface area contributed by atoms with Crippen LogP contribution < -0.4 is 11.1 Å². The molecular formula is C21H20N2O3. The minimum atomic E-state index is -0.379. The number of para-hydroxylation sites is 1. The Morgan fingerprint density at radius 2 is 1.69 bits per heavy atom. The van der Waals surface area contributed by atoms with Crippen molar-refractivity contribution >= 4 is 23.1 Å². The lowest BCUT2D eigenvalue weighted by molar-refractivity contribution is -0.111. The maximum Gasteiger partial charge on any atom is 0.260 e. The third kappa shape index (κ3) is 3.67. The van der Waals surface area contributed by atoms with Crippen LogP contribution in [0.1, 0.15) is 29.8 Å². The highest BCUT2D eigenvalue weighted by atomic mass is 16.5. The number of hydrogen-bond acceptors (Lipinski definition) is 3. The van der Waals surface area contributed by atoms with Crippen LogP contribution in [-0.4, -0.2) is 17.4 Å². The van der Waals surface area contributed by atoms with E-state index in [1.807, 2.05) is 56.3 Å². The van der Waals surface area contributed by atoms with Crippen molar-refractivity contribution in [1.29, 1.82) is 0 Å². The summed E-state index contributed by atoms with van der Waals surface area (Å²) < 4.78 is 5.77. The van der Waals surface area contributed by atoms with Crippen molar-refractivity contribution in [3.05, 3.63) is 83.6 Å². The molecule has 5 heteroatoms. The summed E-state index contributed by atoms with van der Waals surface area (Å²) in [6.07, 6.45) is 3.83. The van der Waals surface area contributed by atoms with E-state index in [1.165, 1.54) is 0 Å². The third-order valence-electron chi connectivity index (χ3n) is 3.99. The second-order valence-corrected chi connectivity index (χ2v) is 6.51. The Labute approximate surface area is 152 Å². The molecule has 2 aromatic rings. The van der Waals surface area contributed by atoms with Crippen molar-refractivity contribution in [2.45, 2.75) is 19.4 Å². The van der Waals surface area contributed by atoms with Crippen LogP contribution in [0.15, 0.2) is 72.5 Å². The molecule has 5 nitrogen and oxygen atoms in total. The number of carbonyl (C=O) groups is 2. The molecule has 0 fully saturated rings. The largest absolute Gasteiger partial charge is 0.483 e. The average molecular weight is 348 g/mol. The van der Waals surface area contributed by atoms with E-state index in [4.69, 9.17) is 10.5 Å². The SMILES string of the molecule is CC1(C)C=C/C(=C2\C(=O)Nc3ccccc32)O1.NC(=O)c1ccccc1. The van der Waals surface area contributed by atoms with Crippen molar-refractivity contribution in [3.8, 4) is 0 Å². The number of carbonyl (C=O) groups excluding carboxylic acids is 2. The maximum absolute atomic E-state index is 11.9. The van der Waals surface area contributed by atoms with Crippen LogP contribution in [0.25, 0.3) is 5.57 Å². The van der Waals surface area contributed by atoms with Crippen molar-refractivity contribution in [2.75, 3.05) is 5.32 Å². The second-order valence-electron chi connectivity index (χ2n) is 6.51. The standard InChI is InChI=1S/C14H13NO2.C7H7NO/c1-14(2)8-7-11(17-14)12-9-5-3-4-6-10(9)15-13(12)16;8-7(9)6-4-2-1-3-5-6/h3-8H,1-2H3,(H,15,16);1-5H,(H2,8,9)/b12-11+;. The fraction of sp³-hybridized carbons (Fsp3) is 0.143. The lowest BCUT2D eigenvalue weighted by Crippen LogP contribution is -2.16. The van der Waals surface area contributed by atoms with E-state index in [9.17, 15) is 9.59 Å². The molecule has 132 valence electrons. The van der Waals surface area contributed by atoms with Crippen molar-refractivity contribution < 1.29 is 14.3 Å². The molecule has 0 bridgehead atoms. The number of rotatable bonds is 1. The molecule has 2 aliphatic heterocycles. The van der Waals surface area contributed by atoms with Crippen LogP contribution in [0.4, 0.5) is 5.69 Å². The van der Waals surface area contributed by atoms with Gasteiger partial charge in [0.15, 0.2) is 0 Å². The first-order chi connectivity index (χ1) is 12.4. The molecule has 0 aromatic heterocycles. The molecule has 3 N–H and O–H groups in total. The number of fused-ring (bicyclic) bond motifs is 1. The topological polar surface area (TPSA) is 81.4 Å². The van der Waals surface area contributed by atoms with Gasteiger partial charge in [-0.15, -0.1) is 0 Å². The molecule has 0 atom stereocenters. The number of primary amides is 1. The van der Waals surface area contributed by atoms with Gasteiger partial charge in [-0.2, -0.15) is 0 Å². The minimum absolute atomic E-state index is 0.0939. The van der Waals surface area contributed by atoms with E-state index >= 15 is 0 Å². The molecule has 2 heterocycles. The van der Waals surface area contributed by atoms with Crippen molar-refractivity contribution in [1.82, 2.24) is 0 Å². The summed E-state index contributed by atoms with van der Waals surface area (Å²) in [5, 5.41) is 2.84. The smallest absolute Gasteiger partial charge is 0.260 e. The predicted molar refractivity (Wildman–Crippen MR) is 101 cm³/mol. The van der Waals surface area contributed by atoms with Crippen LogP contribution in [-0.2, 0) is 9.53 Å². The quantitative estimate of drug-likeness (QED) is 0.774. The molecule has 2 aliphatic rings. The lowest BCUT2D eigenvalue weighted by atomic mass is 10.1. The fourth-order valence-corrected chi connectivity index (χ4v) is 2.73. The summed E-state index contributed by atoms with van der Waals surface area (Å²) in [7, 11) is 0. The zero-order valence-corrected chi connectivity index (χ0v) is 14.7. The molecule has 2 amide bonds. The Balaban J connectivity index is 0.000000185. The van der Waals surface area contributed by atoms with E-state index in [-0.39, 0.29) is 17.4 Å². The Kier molecular flexibility index (Phi) is 4.63. The van der Waals surface area contributed by atoms with Gasteiger partial charge in [-0.25, -0.2) is 0 Å². The molecule has 4 rings (SSSR count). The fourth-order valence-electron chi connectivity index (χ4n) is 2.73. The molecule has 2 aromatic carbocycles.